The van der Waals surface area contributed by atoms with Crippen molar-refractivity contribution in [2.45, 2.75) is 13.3 Å². The molecule has 0 bridgehead atoms. The van der Waals surface area contributed by atoms with Gasteiger partial charge in [0.15, 0.2) is 0 Å². The Labute approximate surface area is 90.0 Å². The van der Waals surface area contributed by atoms with E-state index < -0.39 is 11.2 Å². The van der Waals surface area contributed by atoms with Crippen molar-refractivity contribution in [3.63, 3.8) is 0 Å². The van der Waals surface area contributed by atoms with E-state index >= 15 is 0 Å². The first-order chi connectivity index (χ1) is 6.61. The number of esters is 1. The molecule has 0 aliphatic heterocycles. The van der Waals surface area contributed by atoms with Gasteiger partial charge >= 0.3 is 5.97 Å². The first-order valence-corrected chi connectivity index (χ1v) is 5.03. The fraction of sp³-hybridized carbons (Fsp3) is 0.375. The van der Waals surface area contributed by atoms with Crippen molar-refractivity contribution in [2.24, 2.45) is 0 Å². The lowest BCUT2D eigenvalue weighted by Crippen LogP contribution is -2.07. The van der Waals surface area contributed by atoms with E-state index in [1.54, 1.807) is 0 Å². The number of hydrogen-bond acceptors (Lipinski definition) is 5. The molecule has 0 radical (unpaired) electrons. The Kier molecular flexibility index (Phi) is 3.60. The molecule has 1 rings (SSSR count). The number of hydrogen-bond donors (Lipinski definition) is 0. The third-order valence-corrected chi connectivity index (χ3v) is 2.85. The van der Waals surface area contributed by atoms with Crippen molar-refractivity contribution in [3.05, 3.63) is 16.1 Å². The van der Waals surface area contributed by atoms with Crippen LogP contribution in [0.2, 0.25) is 0 Å². The van der Waals surface area contributed by atoms with Crippen molar-refractivity contribution in [3.8, 4) is 0 Å². The third kappa shape index (κ3) is 1.93. The molecule has 0 aliphatic rings. The van der Waals surface area contributed by atoms with Crippen LogP contribution in [0.3, 0.4) is 0 Å². The van der Waals surface area contributed by atoms with E-state index in [1.165, 1.54) is 7.11 Å². The largest absolute Gasteiger partial charge is 0.465 e. The topological polar surface area (TPSA) is 56.3 Å². The highest BCUT2D eigenvalue weighted by Crippen LogP contribution is 2.22. The van der Waals surface area contributed by atoms with Crippen LogP contribution in [-0.4, -0.2) is 22.7 Å². The number of aromatic nitrogens is 1. The normalized spacial score (nSPS) is 9.93. The van der Waals surface area contributed by atoms with Gasteiger partial charge in [-0.05, 0) is 29.6 Å². The molecular formula is C8H8ClNO3S. The van der Waals surface area contributed by atoms with Gasteiger partial charge in [0.1, 0.15) is 10.4 Å². The molecule has 0 saturated carbocycles. The van der Waals surface area contributed by atoms with E-state index in [-0.39, 0.29) is 10.4 Å². The average Bonchev–Trinajstić information content (AvgIpc) is 2.59. The van der Waals surface area contributed by atoms with Gasteiger partial charge in [0.2, 0.25) is 0 Å². The molecule has 76 valence electrons. The van der Waals surface area contributed by atoms with Gasteiger partial charge < -0.3 is 4.74 Å². The summed E-state index contributed by atoms with van der Waals surface area (Å²) in [6, 6.07) is 0. The molecule has 0 fully saturated rings. The van der Waals surface area contributed by atoms with Crippen molar-refractivity contribution in [1.82, 2.24) is 4.37 Å². The number of carbonyl (C=O) groups is 2. The van der Waals surface area contributed by atoms with Gasteiger partial charge in [-0.1, -0.05) is 6.92 Å². The fourth-order valence-corrected chi connectivity index (χ4v) is 2.00. The molecule has 0 unspecified atom stereocenters. The maximum atomic E-state index is 11.3. The first-order valence-electron chi connectivity index (χ1n) is 3.88. The van der Waals surface area contributed by atoms with E-state index in [1.807, 2.05) is 6.92 Å². The summed E-state index contributed by atoms with van der Waals surface area (Å²) in [7, 11) is 1.25. The Bertz CT molecular complexity index is 375. The van der Waals surface area contributed by atoms with E-state index in [0.717, 1.165) is 11.5 Å². The number of halogens is 1. The van der Waals surface area contributed by atoms with Gasteiger partial charge in [0.05, 0.1) is 12.8 Å². The van der Waals surface area contributed by atoms with Crippen LogP contribution in [0.15, 0.2) is 0 Å². The van der Waals surface area contributed by atoms with E-state index in [9.17, 15) is 9.59 Å². The van der Waals surface area contributed by atoms with Crippen molar-refractivity contribution in [1.29, 1.82) is 0 Å². The maximum absolute atomic E-state index is 11.3. The molecule has 1 aromatic heterocycles. The zero-order chi connectivity index (χ0) is 10.7. The van der Waals surface area contributed by atoms with Crippen LogP contribution in [0, 0.1) is 0 Å². The molecule has 0 aromatic carbocycles. The number of rotatable bonds is 3. The van der Waals surface area contributed by atoms with E-state index in [4.69, 9.17) is 11.6 Å². The second kappa shape index (κ2) is 4.52. The summed E-state index contributed by atoms with van der Waals surface area (Å²) in [5.74, 6) is -0.570. The van der Waals surface area contributed by atoms with Crippen LogP contribution >= 0.6 is 23.1 Å². The number of aryl methyl sites for hydroxylation is 1. The average molecular weight is 234 g/mol. The van der Waals surface area contributed by atoms with Crippen molar-refractivity contribution in [2.75, 3.05) is 7.11 Å². The Morgan fingerprint density at radius 3 is 2.64 bits per heavy atom. The summed E-state index contributed by atoms with van der Waals surface area (Å²) in [6.07, 6.45) is 0.561. The van der Waals surface area contributed by atoms with Gasteiger partial charge in [-0.15, -0.1) is 0 Å². The molecule has 1 heterocycles. The van der Waals surface area contributed by atoms with Gasteiger partial charge in [0, 0.05) is 0 Å². The number of nitrogens with zero attached hydrogens (tertiary/aromatic N) is 1. The molecule has 6 heteroatoms. The minimum absolute atomic E-state index is 0.148. The maximum Gasteiger partial charge on any atom is 0.341 e. The summed E-state index contributed by atoms with van der Waals surface area (Å²) >= 11 is 6.22. The SMILES string of the molecule is CCc1nsc(C(=O)Cl)c1C(=O)OC. The molecule has 1 aromatic rings. The van der Waals surface area contributed by atoms with Crippen LogP contribution in [0.4, 0.5) is 0 Å². The van der Waals surface area contributed by atoms with Crippen molar-refractivity contribution >= 4 is 34.3 Å². The Balaban J connectivity index is 3.26. The molecule has 0 aliphatic carbocycles. The predicted molar refractivity (Wildman–Crippen MR) is 53.0 cm³/mol. The monoisotopic (exact) mass is 233 g/mol. The summed E-state index contributed by atoms with van der Waals surface area (Å²) in [5, 5.41) is -0.678. The number of methoxy groups -OCH3 is 1. The smallest absolute Gasteiger partial charge is 0.341 e. The lowest BCUT2D eigenvalue weighted by molar-refractivity contribution is 0.0597. The predicted octanol–water partition coefficient (Wildman–Crippen LogP) is 1.87. The van der Waals surface area contributed by atoms with Gasteiger partial charge in [-0.2, -0.15) is 4.37 Å². The molecule has 0 spiro atoms. The standard InChI is InChI=1S/C8H8ClNO3S/c1-3-4-5(8(12)13-2)6(7(9)11)14-10-4/h3H2,1-2H3. The van der Waals surface area contributed by atoms with Gasteiger partial charge in [0.25, 0.3) is 5.24 Å². The second-order valence-electron chi connectivity index (χ2n) is 2.45. The highest BCUT2D eigenvalue weighted by Gasteiger charge is 2.23. The Morgan fingerprint density at radius 1 is 1.57 bits per heavy atom. The lowest BCUT2D eigenvalue weighted by atomic mass is 10.1. The van der Waals surface area contributed by atoms with Crippen molar-refractivity contribution < 1.29 is 14.3 Å². The fourth-order valence-electron chi connectivity index (χ4n) is 1.01. The molecule has 0 amide bonds. The first kappa shape index (κ1) is 11.1. The highest BCUT2D eigenvalue weighted by molar-refractivity contribution is 7.10. The number of ether oxygens (including phenoxy) is 1. The Hall–Kier alpha value is -0.940. The second-order valence-corrected chi connectivity index (χ2v) is 3.57. The summed E-state index contributed by atoms with van der Waals surface area (Å²) in [6.45, 7) is 1.84. The summed E-state index contributed by atoms with van der Waals surface area (Å²) < 4.78 is 8.51. The highest BCUT2D eigenvalue weighted by atomic mass is 35.5. The third-order valence-electron chi connectivity index (χ3n) is 1.67. The minimum atomic E-state index is -0.678. The minimum Gasteiger partial charge on any atom is -0.465 e. The molecule has 0 atom stereocenters. The van der Waals surface area contributed by atoms with Gasteiger partial charge in [-0.3, -0.25) is 4.79 Å². The van der Waals surface area contributed by atoms with Crippen LogP contribution in [0.25, 0.3) is 0 Å². The zero-order valence-corrected chi connectivity index (χ0v) is 9.24. The van der Waals surface area contributed by atoms with E-state index in [0.29, 0.717) is 12.1 Å². The molecule has 4 nitrogen and oxygen atoms in total. The summed E-state index contributed by atoms with van der Waals surface area (Å²) in [5.41, 5.74) is 0.742. The molecular weight excluding hydrogens is 226 g/mol. The molecule has 14 heavy (non-hydrogen) atoms. The van der Waals surface area contributed by atoms with Gasteiger partial charge in [-0.25, -0.2) is 4.79 Å². The summed E-state index contributed by atoms with van der Waals surface area (Å²) in [4.78, 5) is 22.4. The Morgan fingerprint density at radius 2 is 2.21 bits per heavy atom. The quantitative estimate of drug-likeness (QED) is 0.591. The molecule has 0 saturated heterocycles. The lowest BCUT2D eigenvalue weighted by Gasteiger charge is -1.99. The van der Waals surface area contributed by atoms with Crippen LogP contribution in [-0.2, 0) is 11.2 Å². The molecule has 0 N–H and O–H groups in total. The van der Waals surface area contributed by atoms with E-state index in [2.05, 4.69) is 9.11 Å². The van der Waals surface area contributed by atoms with Crippen LogP contribution < -0.4 is 0 Å². The number of carbonyl (C=O) groups excluding carboxylic acids is 2. The van der Waals surface area contributed by atoms with Crippen LogP contribution in [0.5, 0.6) is 0 Å². The van der Waals surface area contributed by atoms with Crippen LogP contribution in [0.1, 0.15) is 32.6 Å². The zero-order valence-electron chi connectivity index (χ0n) is 7.67.